The van der Waals surface area contributed by atoms with Crippen molar-refractivity contribution in [1.82, 2.24) is 0 Å². The van der Waals surface area contributed by atoms with E-state index < -0.39 is 0 Å². The average Bonchev–Trinajstić information content (AvgIpc) is 2.60. The molecule has 0 radical (unpaired) electrons. The summed E-state index contributed by atoms with van der Waals surface area (Å²) in [5.74, 6) is 0.982. The molecule has 0 spiro atoms. The molecule has 0 fully saturated rings. The maximum absolute atomic E-state index is 5.34. The Morgan fingerprint density at radius 2 is 2.14 bits per heavy atom. The quantitative estimate of drug-likeness (QED) is 0.715. The number of methoxy groups -OCH3 is 1. The summed E-state index contributed by atoms with van der Waals surface area (Å²) < 4.78 is 6.60. The van der Waals surface area contributed by atoms with Gasteiger partial charge in [0, 0.05) is 10.3 Å². The summed E-state index contributed by atoms with van der Waals surface area (Å²) in [6, 6.07) is 4.18. The van der Waals surface area contributed by atoms with Crippen LogP contribution in [0.1, 0.15) is 5.56 Å². The molecule has 0 bridgehead atoms. The van der Waals surface area contributed by atoms with Crippen LogP contribution in [0.3, 0.4) is 0 Å². The van der Waals surface area contributed by atoms with Crippen LogP contribution in [-0.2, 0) is 0 Å². The van der Waals surface area contributed by atoms with Gasteiger partial charge in [0.25, 0.3) is 0 Å². The third kappa shape index (κ3) is 1.41. The number of rotatable bonds is 2. The Hall–Kier alpha value is -0.670. The highest BCUT2D eigenvalue weighted by Crippen LogP contribution is 2.39. The van der Waals surface area contributed by atoms with Gasteiger partial charge in [-0.2, -0.15) is 0 Å². The maximum atomic E-state index is 5.34. The molecule has 0 unspecified atom stereocenters. The highest BCUT2D eigenvalue weighted by Gasteiger charge is 2.09. The smallest absolute Gasteiger partial charge is 0.136 e. The molecular weight excluding hydrogens is 212 g/mol. The van der Waals surface area contributed by atoms with Gasteiger partial charge in [0.05, 0.1) is 11.8 Å². The van der Waals surface area contributed by atoms with Crippen molar-refractivity contribution in [2.24, 2.45) is 0 Å². The monoisotopic (exact) mass is 224 g/mol. The normalized spacial score (nSPS) is 10.8. The summed E-state index contributed by atoms with van der Waals surface area (Å²) >= 11 is 3.54. The lowest BCUT2D eigenvalue weighted by Crippen LogP contribution is -1.83. The second kappa shape index (κ2) is 3.83. The topological polar surface area (TPSA) is 9.23 Å². The fourth-order valence-electron chi connectivity index (χ4n) is 1.57. The zero-order valence-electron chi connectivity index (χ0n) is 8.46. The lowest BCUT2D eigenvalue weighted by Gasteiger charge is -2.05. The molecule has 0 amide bonds. The van der Waals surface area contributed by atoms with Crippen LogP contribution < -0.4 is 4.74 Å². The number of aryl methyl sites for hydroxylation is 1. The SMILES string of the molecule is COc1ccc(SC)c2c(C)csc12. The third-order valence-corrected chi connectivity index (χ3v) is 4.16. The zero-order valence-corrected chi connectivity index (χ0v) is 10.1. The Balaban J connectivity index is 2.81. The molecule has 0 atom stereocenters. The van der Waals surface area contributed by atoms with Gasteiger partial charge in [0.2, 0.25) is 0 Å². The molecular formula is C11H12OS2. The Bertz CT molecular complexity index is 460. The molecule has 2 rings (SSSR count). The second-order valence-electron chi connectivity index (χ2n) is 3.09. The number of benzene rings is 1. The van der Waals surface area contributed by atoms with E-state index >= 15 is 0 Å². The fraction of sp³-hybridized carbons (Fsp3) is 0.273. The van der Waals surface area contributed by atoms with E-state index in [1.165, 1.54) is 20.5 Å². The number of hydrogen-bond acceptors (Lipinski definition) is 3. The minimum Gasteiger partial charge on any atom is -0.495 e. The Kier molecular flexibility index (Phi) is 2.70. The van der Waals surface area contributed by atoms with Crippen LogP contribution in [0.4, 0.5) is 0 Å². The van der Waals surface area contributed by atoms with Crippen LogP contribution in [-0.4, -0.2) is 13.4 Å². The zero-order chi connectivity index (χ0) is 10.1. The van der Waals surface area contributed by atoms with Crippen LogP contribution in [0.2, 0.25) is 0 Å². The van der Waals surface area contributed by atoms with Crippen molar-refractivity contribution in [1.29, 1.82) is 0 Å². The van der Waals surface area contributed by atoms with Crippen molar-refractivity contribution in [3.05, 3.63) is 23.1 Å². The molecule has 0 aliphatic rings. The van der Waals surface area contributed by atoms with E-state index in [4.69, 9.17) is 4.74 Å². The molecule has 1 heterocycles. The van der Waals surface area contributed by atoms with Gasteiger partial charge >= 0.3 is 0 Å². The van der Waals surface area contributed by atoms with Crippen LogP contribution in [0.5, 0.6) is 5.75 Å². The molecule has 1 aromatic carbocycles. The second-order valence-corrected chi connectivity index (χ2v) is 4.82. The van der Waals surface area contributed by atoms with Crippen LogP contribution in [0.25, 0.3) is 10.1 Å². The van der Waals surface area contributed by atoms with Crippen LogP contribution in [0, 0.1) is 6.92 Å². The molecule has 0 saturated carbocycles. The summed E-state index contributed by atoms with van der Waals surface area (Å²) in [7, 11) is 1.72. The molecule has 0 saturated heterocycles. The van der Waals surface area contributed by atoms with Gasteiger partial charge in [-0.25, -0.2) is 0 Å². The van der Waals surface area contributed by atoms with Gasteiger partial charge in [-0.1, -0.05) is 0 Å². The van der Waals surface area contributed by atoms with Crippen molar-refractivity contribution < 1.29 is 4.74 Å². The predicted molar refractivity (Wildman–Crippen MR) is 64.9 cm³/mol. The van der Waals surface area contributed by atoms with Crippen LogP contribution in [0.15, 0.2) is 22.4 Å². The van der Waals surface area contributed by atoms with Crippen molar-refractivity contribution in [3.8, 4) is 5.75 Å². The molecule has 0 N–H and O–H groups in total. The number of fused-ring (bicyclic) bond motifs is 1. The third-order valence-electron chi connectivity index (χ3n) is 2.27. The number of hydrogen-bond donors (Lipinski definition) is 0. The molecule has 74 valence electrons. The van der Waals surface area contributed by atoms with E-state index in [0.717, 1.165) is 5.75 Å². The van der Waals surface area contributed by atoms with Gasteiger partial charge in [-0.3, -0.25) is 0 Å². The first-order valence-corrected chi connectivity index (χ1v) is 6.47. The van der Waals surface area contributed by atoms with E-state index in [9.17, 15) is 0 Å². The molecule has 0 aliphatic carbocycles. The summed E-state index contributed by atoms with van der Waals surface area (Å²) in [5.41, 5.74) is 1.34. The number of thiophene rings is 1. The first kappa shape index (κ1) is 9.87. The summed E-state index contributed by atoms with van der Waals surface area (Å²) in [4.78, 5) is 1.33. The molecule has 1 aromatic heterocycles. The Morgan fingerprint density at radius 1 is 1.36 bits per heavy atom. The highest BCUT2D eigenvalue weighted by atomic mass is 32.2. The standard InChI is InChI=1S/C11H12OS2/c1-7-6-14-11-8(12-2)4-5-9(13-3)10(7)11/h4-6H,1-3H3. The van der Waals surface area contributed by atoms with Crippen LogP contribution >= 0.6 is 23.1 Å². The van der Waals surface area contributed by atoms with E-state index in [2.05, 4.69) is 24.6 Å². The molecule has 2 aromatic rings. The van der Waals surface area contributed by atoms with Crippen molar-refractivity contribution in [2.45, 2.75) is 11.8 Å². The number of thioether (sulfide) groups is 1. The average molecular weight is 224 g/mol. The van der Waals surface area contributed by atoms with Gasteiger partial charge < -0.3 is 4.74 Å². The predicted octanol–water partition coefficient (Wildman–Crippen LogP) is 3.94. The summed E-state index contributed by atoms with van der Waals surface area (Å²) in [6.07, 6.45) is 2.11. The first-order chi connectivity index (χ1) is 6.77. The van der Waals surface area contributed by atoms with Gasteiger partial charge in [-0.15, -0.1) is 23.1 Å². The molecule has 3 heteroatoms. The molecule has 0 aliphatic heterocycles. The Morgan fingerprint density at radius 3 is 2.79 bits per heavy atom. The fourth-order valence-corrected chi connectivity index (χ4v) is 3.38. The molecule has 14 heavy (non-hydrogen) atoms. The van der Waals surface area contributed by atoms with E-state index in [1.54, 1.807) is 30.2 Å². The van der Waals surface area contributed by atoms with Gasteiger partial charge in [0.15, 0.2) is 0 Å². The molecule has 1 nitrogen and oxygen atoms in total. The van der Waals surface area contributed by atoms with E-state index in [-0.39, 0.29) is 0 Å². The minimum absolute atomic E-state index is 0.982. The van der Waals surface area contributed by atoms with E-state index in [0.29, 0.717) is 0 Å². The number of ether oxygens (including phenoxy) is 1. The van der Waals surface area contributed by atoms with Crippen molar-refractivity contribution in [3.63, 3.8) is 0 Å². The summed E-state index contributed by atoms with van der Waals surface area (Å²) in [6.45, 7) is 2.15. The van der Waals surface area contributed by atoms with Gasteiger partial charge in [-0.05, 0) is 36.3 Å². The lowest BCUT2D eigenvalue weighted by atomic mass is 10.2. The lowest BCUT2D eigenvalue weighted by molar-refractivity contribution is 0.420. The van der Waals surface area contributed by atoms with E-state index in [1.807, 2.05) is 6.07 Å². The maximum Gasteiger partial charge on any atom is 0.136 e. The summed E-state index contributed by atoms with van der Waals surface area (Å²) in [5, 5.41) is 3.54. The van der Waals surface area contributed by atoms with Gasteiger partial charge in [0.1, 0.15) is 5.75 Å². The Labute approximate surface area is 92.1 Å². The first-order valence-electron chi connectivity index (χ1n) is 4.36. The van der Waals surface area contributed by atoms with Crippen molar-refractivity contribution >= 4 is 33.2 Å². The highest BCUT2D eigenvalue weighted by molar-refractivity contribution is 7.98. The minimum atomic E-state index is 0.982. The van der Waals surface area contributed by atoms with Crippen molar-refractivity contribution in [2.75, 3.05) is 13.4 Å². The largest absolute Gasteiger partial charge is 0.495 e.